The van der Waals surface area contributed by atoms with Crippen LogP contribution in [0.5, 0.6) is 0 Å². The minimum Gasteiger partial charge on any atom is -0.396 e. The van der Waals surface area contributed by atoms with Crippen LogP contribution in [0.15, 0.2) is 16.7 Å². The Morgan fingerprint density at radius 1 is 1.43 bits per heavy atom. The second-order valence-corrected chi connectivity index (χ2v) is 5.90. The molecule has 0 aliphatic rings. The fourth-order valence-corrected chi connectivity index (χ4v) is 2.26. The topological polar surface area (TPSA) is 65.5 Å². The molecule has 118 valence electrons. The maximum Gasteiger partial charge on any atom is 0.257 e. The number of aliphatic hydroxyl groups is 1. The molecule has 0 unspecified atom stereocenters. The number of anilines is 1. The second-order valence-electron chi connectivity index (χ2n) is 4.99. The summed E-state index contributed by atoms with van der Waals surface area (Å²) in [6.07, 6.45) is 5.26. The van der Waals surface area contributed by atoms with Crippen molar-refractivity contribution in [3.63, 3.8) is 0 Å². The van der Waals surface area contributed by atoms with Gasteiger partial charge in [0.05, 0.1) is 5.56 Å². The fourth-order valence-electron chi connectivity index (χ4n) is 1.93. The summed E-state index contributed by atoms with van der Waals surface area (Å²) in [5, 5.41) is 12.0. The van der Waals surface area contributed by atoms with Crippen molar-refractivity contribution in [1.29, 1.82) is 0 Å². The van der Waals surface area contributed by atoms with E-state index in [0.29, 0.717) is 17.9 Å². The van der Waals surface area contributed by atoms with E-state index in [1.165, 1.54) is 0 Å². The predicted octanol–water partition coefficient (Wildman–Crippen LogP) is 2.90. The number of hydrogen-bond acceptors (Lipinski definition) is 4. The van der Waals surface area contributed by atoms with Crippen LogP contribution in [0.25, 0.3) is 0 Å². The quantitative estimate of drug-likeness (QED) is 0.667. The monoisotopic (exact) mass is 357 g/mol. The van der Waals surface area contributed by atoms with E-state index in [9.17, 15) is 4.79 Å². The highest BCUT2D eigenvalue weighted by Gasteiger charge is 2.17. The summed E-state index contributed by atoms with van der Waals surface area (Å²) in [4.78, 5) is 18.5. The number of carbonyl (C=O) groups is 1. The van der Waals surface area contributed by atoms with Crippen molar-refractivity contribution in [3.05, 3.63) is 22.3 Å². The van der Waals surface area contributed by atoms with Crippen LogP contribution < -0.4 is 5.32 Å². The zero-order valence-electron chi connectivity index (χ0n) is 12.7. The van der Waals surface area contributed by atoms with E-state index in [1.807, 2.05) is 0 Å². The van der Waals surface area contributed by atoms with Gasteiger partial charge in [-0.15, -0.1) is 0 Å². The van der Waals surface area contributed by atoms with E-state index in [2.05, 4.69) is 33.2 Å². The maximum absolute atomic E-state index is 12.5. The van der Waals surface area contributed by atoms with Gasteiger partial charge in [-0.25, -0.2) is 4.98 Å². The third-order valence-electron chi connectivity index (χ3n) is 3.13. The maximum atomic E-state index is 12.5. The van der Waals surface area contributed by atoms with Crippen LogP contribution in [0, 0.1) is 0 Å². The van der Waals surface area contributed by atoms with Crippen LogP contribution in [-0.4, -0.2) is 47.6 Å². The Hall–Kier alpha value is -1.14. The van der Waals surface area contributed by atoms with Crippen LogP contribution in [0.2, 0.25) is 0 Å². The number of aliphatic hydroxyl groups excluding tert-OH is 1. The van der Waals surface area contributed by atoms with Crippen LogP contribution in [-0.2, 0) is 0 Å². The molecule has 1 rings (SSSR count). The summed E-state index contributed by atoms with van der Waals surface area (Å²) >= 11 is 3.37. The molecule has 0 bridgehead atoms. The molecule has 0 aromatic carbocycles. The molecule has 0 saturated carbocycles. The third-order valence-corrected chi connectivity index (χ3v) is 3.56. The van der Waals surface area contributed by atoms with Crippen molar-refractivity contribution < 1.29 is 9.90 Å². The molecule has 0 atom stereocenters. The van der Waals surface area contributed by atoms with Gasteiger partial charge in [-0.05, 0) is 47.7 Å². The Balaban J connectivity index is 2.72. The predicted molar refractivity (Wildman–Crippen MR) is 88.6 cm³/mol. The van der Waals surface area contributed by atoms with Gasteiger partial charge in [-0.2, -0.15) is 0 Å². The molecule has 0 aliphatic heterocycles. The number of unbranched alkanes of at least 4 members (excludes halogenated alkanes) is 2. The molecule has 1 aromatic heterocycles. The summed E-state index contributed by atoms with van der Waals surface area (Å²) in [5.74, 6) is 0.596. The van der Waals surface area contributed by atoms with Crippen molar-refractivity contribution in [3.8, 4) is 0 Å². The number of rotatable bonds is 9. The van der Waals surface area contributed by atoms with Crippen molar-refractivity contribution in [2.75, 3.05) is 32.1 Å². The summed E-state index contributed by atoms with van der Waals surface area (Å²) in [7, 11) is 1.80. The van der Waals surface area contributed by atoms with Gasteiger partial charge in [-0.3, -0.25) is 4.79 Å². The lowest BCUT2D eigenvalue weighted by atomic mass is 10.2. The first-order valence-corrected chi connectivity index (χ1v) is 8.15. The smallest absolute Gasteiger partial charge is 0.257 e. The molecule has 0 aliphatic carbocycles. The first kappa shape index (κ1) is 17.9. The summed E-state index contributed by atoms with van der Waals surface area (Å²) in [6.45, 7) is 3.74. The van der Waals surface area contributed by atoms with Crippen molar-refractivity contribution >= 4 is 27.7 Å². The SMILES string of the molecule is CCCNc1ncc(Br)cc1C(=O)N(C)CCCCCO. The summed E-state index contributed by atoms with van der Waals surface area (Å²) in [6, 6.07) is 1.80. The Morgan fingerprint density at radius 2 is 2.19 bits per heavy atom. The normalized spacial score (nSPS) is 10.5. The van der Waals surface area contributed by atoms with E-state index in [0.717, 1.165) is 36.7 Å². The highest BCUT2D eigenvalue weighted by atomic mass is 79.9. The minimum atomic E-state index is -0.0357. The Labute approximate surface area is 134 Å². The van der Waals surface area contributed by atoms with Crippen LogP contribution in [0.4, 0.5) is 5.82 Å². The zero-order valence-corrected chi connectivity index (χ0v) is 14.3. The van der Waals surface area contributed by atoms with Crippen molar-refractivity contribution in [1.82, 2.24) is 9.88 Å². The summed E-state index contributed by atoms with van der Waals surface area (Å²) in [5.41, 5.74) is 0.586. The zero-order chi connectivity index (χ0) is 15.7. The third kappa shape index (κ3) is 6.01. The van der Waals surface area contributed by atoms with E-state index in [-0.39, 0.29) is 12.5 Å². The van der Waals surface area contributed by atoms with Gasteiger partial charge in [0, 0.05) is 37.4 Å². The number of hydrogen-bond donors (Lipinski definition) is 2. The first-order valence-electron chi connectivity index (χ1n) is 7.35. The molecule has 0 spiro atoms. The number of pyridine rings is 1. The van der Waals surface area contributed by atoms with Gasteiger partial charge < -0.3 is 15.3 Å². The van der Waals surface area contributed by atoms with E-state index in [4.69, 9.17) is 5.11 Å². The highest BCUT2D eigenvalue weighted by molar-refractivity contribution is 9.10. The highest BCUT2D eigenvalue weighted by Crippen LogP contribution is 2.20. The Kier molecular flexibility index (Phi) is 8.30. The van der Waals surface area contributed by atoms with Gasteiger partial charge in [0.2, 0.25) is 0 Å². The lowest BCUT2D eigenvalue weighted by Crippen LogP contribution is -2.29. The van der Waals surface area contributed by atoms with Crippen LogP contribution >= 0.6 is 15.9 Å². The van der Waals surface area contributed by atoms with Crippen LogP contribution in [0.3, 0.4) is 0 Å². The summed E-state index contributed by atoms with van der Waals surface area (Å²) < 4.78 is 0.793. The number of nitrogens with zero attached hydrogens (tertiary/aromatic N) is 2. The Bertz CT molecular complexity index is 455. The van der Waals surface area contributed by atoms with Gasteiger partial charge in [-0.1, -0.05) is 6.92 Å². The molecule has 6 heteroatoms. The fraction of sp³-hybridized carbons (Fsp3) is 0.600. The molecular weight excluding hydrogens is 334 g/mol. The number of nitrogens with one attached hydrogen (secondary N) is 1. The average Bonchev–Trinajstić information content (AvgIpc) is 2.49. The van der Waals surface area contributed by atoms with E-state index >= 15 is 0 Å². The van der Waals surface area contributed by atoms with Crippen molar-refractivity contribution in [2.45, 2.75) is 32.6 Å². The average molecular weight is 358 g/mol. The second kappa shape index (κ2) is 9.73. The number of amides is 1. The van der Waals surface area contributed by atoms with Gasteiger partial charge in [0.15, 0.2) is 0 Å². The van der Waals surface area contributed by atoms with E-state index < -0.39 is 0 Å². The molecular formula is C15H24BrN3O2. The minimum absolute atomic E-state index is 0.0357. The standard InChI is InChI=1S/C15H24BrN3O2/c1-3-7-17-14-13(10-12(16)11-18-14)15(21)19(2)8-5-4-6-9-20/h10-11,20H,3-9H2,1-2H3,(H,17,18). The molecule has 2 N–H and O–H groups in total. The van der Waals surface area contributed by atoms with Gasteiger partial charge in [0.1, 0.15) is 5.82 Å². The number of aromatic nitrogens is 1. The molecule has 0 radical (unpaired) electrons. The lowest BCUT2D eigenvalue weighted by Gasteiger charge is -2.19. The molecule has 21 heavy (non-hydrogen) atoms. The van der Waals surface area contributed by atoms with Crippen LogP contribution in [0.1, 0.15) is 43.0 Å². The molecule has 1 heterocycles. The molecule has 1 aromatic rings. The Morgan fingerprint density at radius 3 is 2.86 bits per heavy atom. The van der Waals surface area contributed by atoms with Gasteiger partial charge >= 0.3 is 0 Å². The molecule has 0 fully saturated rings. The van der Waals surface area contributed by atoms with E-state index in [1.54, 1.807) is 24.2 Å². The number of carbonyl (C=O) groups excluding carboxylic acids is 1. The molecule has 1 amide bonds. The largest absolute Gasteiger partial charge is 0.396 e. The number of halogens is 1. The van der Waals surface area contributed by atoms with Gasteiger partial charge in [0.25, 0.3) is 5.91 Å². The lowest BCUT2D eigenvalue weighted by molar-refractivity contribution is 0.0792. The molecule has 0 saturated heterocycles. The van der Waals surface area contributed by atoms with Crippen molar-refractivity contribution in [2.24, 2.45) is 0 Å². The first-order chi connectivity index (χ1) is 10.1. The molecule has 5 nitrogen and oxygen atoms in total.